The summed E-state index contributed by atoms with van der Waals surface area (Å²) in [6.45, 7) is 4.00. The molecule has 0 saturated carbocycles. The van der Waals surface area contributed by atoms with E-state index in [-0.39, 0.29) is 0 Å². The molecule has 1 aromatic carbocycles. The summed E-state index contributed by atoms with van der Waals surface area (Å²) in [5, 5.41) is 1.02. The van der Waals surface area contributed by atoms with Crippen molar-refractivity contribution in [3.63, 3.8) is 0 Å². The van der Waals surface area contributed by atoms with Gasteiger partial charge in [-0.1, -0.05) is 15.9 Å². The van der Waals surface area contributed by atoms with Crippen molar-refractivity contribution in [2.45, 2.75) is 13.8 Å². The van der Waals surface area contributed by atoms with Crippen LogP contribution in [0.1, 0.15) is 11.3 Å². The molecule has 1 heterocycles. The van der Waals surface area contributed by atoms with E-state index in [1.807, 2.05) is 32.0 Å². The first-order valence-corrected chi connectivity index (χ1v) is 5.20. The monoisotopic (exact) mass is 250 g/mol. The third-order valence-electron chi connectivity index (χ3n) is 2.23. The molecule has 3 heteroatoms. The van der Waals surface area contributed by atoms with Crippen LogP contribution in [0.25, 0.3) is 10.9 Å². The van der Waals surface area contributed by atoms with Gasteiger partial charge in [-0.2, -0.15) is 0 Å². The molecular weight excluding hydrogens is 240 g/mol. The molecule has 2 nitrogen and oxygen atoms in total. The Kier molecular flexibility index (Phi) is 2.19. The van der Waals surface area contributed by atoms with Crippen LogP contribution in [0.4, 0.5) is 5.69 Å². The van der Waals surface area contributed by atoms with E-state index in [2.05, 4.69) is 20.9 Å². The van der Waals surface area contributed by atoms with Crippen molar-refractivity contribution in [1.29, 1.82) is 0 Å². The number of hydrogen-bond acceptors (Lipinski definition) is 2. The number of aryl methyl sites for hydroxylation is 2. The minimum Gasteiger partial charge on any atom is -0.398 e. The van der Waals surface area contributed by atoms with Gasteiger partial charge in [-0.3, -0.25) is 4.98 Å². The van der Waals surface area contributed by atoms with Gasteiger partial charge in [0.1, 0.15) is 0 Å². The number of hydrogen-bond donors (Lipinski definition) is 1. The second-order valence-electron chi connectivity index (χ2n) is 3.47. The number of halogens is 1. The third kappa shape index (κ3) is 1.48. The lowest BCUT2D eigenvalue weighted by atomic mass is 10.1. The second kappa shape index (κ2) is 3.24. The maximum atomic E-state index is 5.93. The summed E-state index contributed by atoms with van der Waals surface area (Å²) in [4.78, 5) is 4.48. The lowest BCUT2D eigenvalue weighted by molar-refractivity contribution is 1.24. The van der Waals surface area contributed by atoms with Gasteiger partial charge in [-0.25, -0.2) is 0 Å². The molecule has 2 aromatic rings. The van der Waals surface area contributed by atoms with E-state index in [4.69, 9.17) is 5.73 Å². The van der Waals surface area contributed by atoms with Crippen molar-refractivity contribution in [2.75, 3.05) is 5.73 Å². The molecule has 0 fully saturated rings. The molecule has 0 unspecified atom stereocenters. The number of benzene rings is 1. The van der Waals surface area contributed by atoms with Crippen molar-refractivity contribution in [3.05, 3.63) is 33.9 Å². The molecule has 0 aliphatic heterocycles. The Balaban J connectivity index is 2.94. The number of fused-ring (bicyclic) bond motifs is 1. The van der Waals surface area contributed by atoms with Crippen LogP contribution in [0, 0.1) is 13.8 Å². The molecule has 0 aliphatic carbocycles. The fraction of sp³-hybridized carbons (Fsp3) is 0.182. The molecule has 0 atom stereocenters. The molecular formula is C11H11BrN2. The molecule has 0 aliphatic rings. The predicted molar refractivity (Wildman–Crippen MR) is 63.3 cm³/mol. The zero-order valence-corrected chi connectivity index (χ0v) is 9.72. The van der Waals surface area contributed by atoms with Gasteiger partial charge in [0.15, 0.2) is 0 Å². The number of anilines is 1. The van der Waals surface area contributed by atoms with Crippen molar-refractivity contribution in [1.82, 2.24) is 4.98 Å². The summed E-state index contributed by atoms with van der Waals surface area (Å²) < 4.78 is 1.04. The fourth-order valence-electron chi connectivity index (χ4n) is 1.62. The quantitative estimate of drug-likeness (QED) is 0.780. The molecule has 0 radical (unpaired) electrons. The van der Waals surface area contributed by atoms with Gasteiger partial charge in [-0.05, 0) is 37.6 Å². The van der Waals surface area contributed by atoms with Gasteiger partial charge in [-0.15, -0.1) is 0 Å². The largest absolute Gasteiger partial charge is 0.398 e. The number of pyridine rings is 1. The number of nitrogens with two attached hydrogens (primary N) is 1. The Morgan fingerprint density at radius 3 is 2.64 bits per heavy atom. The highest BCUT2D eigenvalue weighted by Crippen LogP contribution is 2.27. The predicted octanol–water partition coefficient (Wildman–Crippen LogP) is 3.20. The van der Waals surface area contributed by atoms with Gasteiger partial charge in [0.05, 0.1) is 5.52 Å². The molecule has 1 aromatic heterocycles. The van der Waals surface area contributed by atoms with Crippen molar-refractivity contribution in [3.8, 4) is 0 Å². The van der Waals surface area contributed by atoms with Gasteiger partial charge in [0, 0.05) is 21.2 Å². The lowest BCUT2D eigenvalue weighted by Gasteiger charge is -2.06. The van der Waals surface area contributed by atoms with E-state index in [0.29, 0.717) is 0 Å². The molecule has 14 heavy (non-hydrogen) atoms. The highest BCUT2D eigenvalue weighted by atomic mass is 79.9. The number of nitrogen functional groups attached to an aromatic ring is 1. The third-order valence-corrected chi connectivity index (χ3v) is 2.69. The minimum absolute atomic E-state index is 0.789. The molecule has 2 rings (SSSR count). The first-order chi connectivity index (χ1) is 6.58. The molecule has 0 saturated heterocycles. The molecule has 2 N–H and O–H groups in total. The highest BCUT2D eigenvalue weighted by Gasteiger charge is 2.04. The van der Waals surface area contributed by atoms with Gasteiger partial charge in [0.25, 0.3) is 0 Å². The normalized spacial score (nSPS) is 10.8. The van der Waals surface area contributed by atoms with E-state index in [1.165, 1.54) is 0 Å². The summed E-state index contributed by atoms with van der Waals surface area (Å²) in [6.07, 6.45) is 0. The van der Waals surface area contributed by atoms with Gasteiger partial charge in [0.2, 0.25) is 0 Å². The van der Waals surface area contributed by atoms with E-state index in [0.717, 1.165) is 32.3 Å². The van der Waals surface area contributed by atoms with Crippen LogP contribution in [0.3, 0.4) is 0 Å². The Bertz CT molecular complexity index is 459. The van der Waals surface area contributed by atoms with Crippen LogP contribution in [0.2, 0.25) is 0 Å². The first-order valence-electron chi connectivity index (χ1n) is 4.41. The fourth-order valence-corrected chi connectivity index (χ4v) is 2.19. The van der Waals surface area contributed by atoms with Crippen LogP contribution in [0.5, 0.6) is 0 Å². The standard InChI is InChI=1S/C11H11BrN2/c1-6-3-8(12)5-9-10(13)4-7(2)14-11(6)9/h3-5H,1-2H3,(H2,13,14). The Morgan fingerprint density at radius 2 is 1.93 bits per heavy atom. The van der Waals surface area contributed by atoms with Crippen molar-refractivity contribution < 1.29 is 0 Å². The van der Waals surface area contributed by atoms with Crippen LogP contribution < -0.4 is 5.73 Å². The molecule has 72 valence electrons. The SMILES string of the molecule is Cc1cc(N)c2cc(Br)cc(C)c2n1. The molecule has 0 bridgehead atoms. The Hall–Kier alpha value is -1.09. The Morgan fingerprint density at radius 1 is 1.21 bits per heavy atom. The number of rotatable bonds is 0. The summed E-state index contributed by atoms with van der Waals surface area (Å²) in [5.74, 6) is 0. The van der Waals surface area contributed by atoms with Crippen molar-refractivity contribution in [2.24, 2.45) is 0 Å². The summed E-state index contributed by atoms with van der Waals surface area (Å²) >= 11 is 3.45. The van der Waals surface area contributed by atoms with E-state index in [9.17, 15) is 0 Å². The van der Waals surface area contributed by atoms with Crippen LogP contribution >= 0.6 is 15.9 Å². The first kappa shape index (κ1) is 9.46. The number of nitrogens with zero attached hydrogens (tertiary/aromatic N) is 1. The van der Waals surface area contributed by atoms with Crippen LogP contribution in [-0.2, 0) is 0 Å². The van der Waals surface area contributed by atoms with Gasteiger partial charge < -0.3 is 5.73 Å². The summed E-state index contributed by atoms with van der Waals surface area (Å²) in [5.41, 5.74) is 9.82. The average Bonchev–Trinajstić information content (AvgIpc) is 2.07. The summed E-state index contributed by atoms with van der Waals surface area (Å²) in [7, 11) is 0. The molecule has 0 amide bonds. The average molecular weight is 251 g/mol. The van der Waals surface area contributed by atoms with Crippen molar-refractivity contribution >= 4 is 32.5 Å². The topological polar surface area (TPSA) is 38.9 Å². The molecule has 0 spiro atoms. The Labute approximate surface area is 91.3 Å². The summed E-state index contributed by atoms with van der Waals surface area (Å²) in [6, 6.07) is 5.95. The number of aromatic nitrogens is 1. The zero-order valence-electron chi connectivity index (χ0n) is 8.13. The lowest BCUT2D eigenvalue weighted by Crippen LogP contribution is -1.93. The van der Waals surface area contributed by atoms with Crippen LogP contribution in [0.15, 0.2) is 22.7 Å². The second-order valence-corrected chi connectivity index (χ2v) is 4.39. The zero-order chi connectivity index (χ0) is 10.3. The van der Waals surface area contributed by atoms with Gasteiger partial charge >= 0.3 is 0 Å². The maximum absolute atomic E-state index is 5.93. The highest BCUT2D eigenvalue weighted by molar-refractivity contribution is 9.10. The maximum Gasteiger partial charge on any atom is 0.0755 e. The van der Waals surface area contributed by atoms with E-state index in [1.54, 1.807) is 0 Å². The smallest absolute Gasteiger partial charge is 0.0755 e. The van der Waals surface area contributed by atoms with E-state index >= 15 is 0 Å². The van der Waals surface area contributed by atoms with Crippen LogP contribution in [-0.4, -0.2) is 4.98 Å². The minimum atomic E-state index is 0.789. The van der Waals surface area contributed by atoms with E-state index < -0.39 is 0 Å².